The van der Waals surface area contributed by atoms with Crippen LogP contribution < -0.4 is 10.6 Å². The summed E-state index contributed by atoms with van der Waals surface area (Å²) in [4.78, 5) is 14.4. The smallest absolute Gasteiger partial charge is 0.191 e. The summed E-state index contributed by atoms with van der Waals surface area (Å²) in [6.07, 6.45) is 5.57. The van der Waals surface area contributed by atoms with Crippen molar-refractivity contribution in [2.75, 3.05) is 13.6 Å². The Bertz CT molecular complexity index is 884. The Morgan fingerprint density at radius 1 is 1.21 bits per heavy atom. The van der Waals surface area contributed by atoms with E-state index < -0.39 is 0 Å². The largest absolute Gasteiger partial charge is 0.356 e. The van der Waals surface area contributed by atoms with Crippen LogP contribution in [0.4, 0.5) is 0 Å². The molecule has 0 radical (unpaired) electrons. The molecule has 0 aliphatic carbocycles. The first-order chi connectivity index (χ1) is 13.0. The van der Waals surface area contributed by atoms with Gasteiger partial charge in [0.2, 0.25) is 0 Å². The lowest BCUT2D eigenvalue weighted by molar-refractivity contribution is 0.518. The molecule has 0 aliphatic rings. The number of aliphatic imine (C=N–C) groups is 1. The number of nitrogens with one attached hydrogen (secondary N) is 2. The number of halogens is 1. The van der Waals surface area contributed by atoms with Crippen LogP contribution in [0.15, 0.2) is 53.2 Å². The molecular weight excluding hydrogens is 483 g/mol. The van der Waals surface area contributed by atoms with E-state index in [9.17, 15) is 0 Å². The van der Waals surface area contributed by atoms with Gasteiger partial charge >= 0.3 is 0 Å². The van der Waals surface area contributed by atoms with Crippen molar-refractivity contribution in [3.05, 3.63) is 64.5 Å². The maximum absolute atomic E-state index is 4.53. The molecule has 0 atom stereocenters. The van der Waals surface area contributed by atoms with Crippen molar-refractivity contribution in [1.29, 1.82) is 0 Å². The molecule has 3 heterocycles. The average Bonchev–Trinajstić information content (AvgIpc) is 3.34. The minimum atomic E-state index is 0. The van der Waals surface area contributed by atoms with Gasteiger partial charge in [0.1, 0.15) is 11.6 Å². The number of hydrogen-bond acceptors (Lipinski definition) is 4. The van der Waals surface area contributed by atoms with Crippen molar-refractivity contribution in [2.45, 2.75) is 32.7 Å². The second-order valence-electron chi connectivity index (χ2n) is 7.01. The Hall–Kier alpha value is -1.94. The summed E-state index contributed by atoms with van der Waals surface area (Å²) >= 11 is 1.79. The number of nitrogens with zero attached hydrogens (tertiary/aromatic N) is 4. The molecule has 28 heavy (non-hydrogen) atoms. The fourth-order valence-corrected chi connectivity index (χ4v) is 3.60. The lowest BCUT2D eigenvalue weighted by Crippen LogP contribution is -2.42. The van der Waals surface area contributed by atoms with Gasteiger partial charge in [-0.2, -0.15) is 0 Å². The van der Waals surface area contributed by atoms with Crippen LogP contribution >= 0.6 is 35.3 Å². The van der Waals surface area contributed by atoms with E-state index in [2.05, 4.69) is 63.0 Å². The molecule has 0 spiro atoms. The second-order valence-corrected chi connectivity index (χ2v) is 7.96. The molecule has 0 aliphatic heterocycles. The second kappa shape index (κ2) is 10.0. The van der Waals surface area contributed by atoms with Crippen molar-refractivity contribution < 1.29 is 0 Å². The highest BCUT2D eigenvalue weighted by molar-refractivity contribution is 14.0. The summed E-state index contributed by atoms with van der Waals surface area (Å²) in [7, 11) is 1.79. The van der Waals surface area contributed by atoms with Crippen LogP contribution in [0, 0.1) is 6.92 Å². The Labute approximate surface area is 187 Å². The standard InChI is InChI=1S/C20H26N6S.HI/c1-15-22-9-10-26(15)18-8-7-16(12-23-18)13-24-19(21-4)25-14-20(2,3)17-6-5-11-27-17;/h5-12H,13-14H2,1-4H3,(H2,21,24,25);1H. The zero-order valence-electron chi connectivity index (χ0n) is 16.6. The maximum Gasteiger partial charge on any atom is 0.191 e. The van der Waals surface area contributed by atoms with Crippen LogP contribution in [0.1, 0.15) is 30.1 Å². The zero-order valence-corrected chi connectivity index (χ0v) is 19.8. The molecule has 0 saturated heterocycles. The predicted octanol–water partition coefficient (Wildman–Crippen LogP) is 3.90. The van der Waals surface area contributed by atoms with E-state index in [1.165, 1.54) is 4.88 Å². The Balaban J connectivity index is 0.00000280. The predicted molar refractivity (Wildman–Crippen MR) is 127 cm³/mol. The number of guanidine groups is 1. The minimum Gasteiger partial charge on any atom is -0.356 e. The van der Waals surface area contributed by atoms with Gasteiger partial charge in [-0.1, -0.05) is 26.0 Å². The third-order valence-corrected chi connectivity index (χ3v) is 5.69. The number of aryl methyl sites for hydroxylation is 1. The van der Waals surface area contributed by atoms with Crippen LogP contribution in [0.2, 0.25) is 0 Å². The fraction of sp³-hybridized carbons (Fsp3) is 0.350. The van der Waals surface area contributed by atoms with E-state index in [1.54, 1.807) is 24.6 Å². The van der Waals surface area contributed by atoms with Gasteiger partial charge in [-0.25, -0.2) is 9.97 Å². The summed E-state index contributed by atoms with van der Waals surface area (Å²) in [6, 6.07) is 8.34. The van der Waals surface area contributed by atoms with E-state index in [4.69, 9.17) is 0 Å². The lowest BCUT2D eigenvalue weighted by Gasteiger charge is -2.25. The van der Waals surface area contributed by atoms with E-state index in [1.807, 2.05) is 30.0 Å². The Morgan fingerprint density at radius 2 is 2.04 bits per heavy atom. The van der Waals surface area contributed by atoms with Gasteiger partial charge in [-0.3, -0.25) is 9.56 Å². The monoisotopic (exact) mass is 510 g/mol. The van der Waals surface area contributed by atoms with Gasteiger partial charge in [0.15, 0.2) is 5.96 Å². The molecule has 6 nitrogen and oxygen atoms in total. The number of pyridine rings is 1. The molecule has 3 aromatic rings. The van der Waals surface area contributed by atoms with Gasteiger partial charge in [0, 0.05) is 49.0 Å². The zero-order chi connectivity index (χ0) is 19.3. The molecule has 0 aromatic carbocycles. The normalized spacial score (nSPS) is 11.8. The highest BCUT2D eigenvalue weighted by atomic mass is 127. The molecule has 0 fully saturated rings. The maximum atomic E-state index is 4.53. The number of thiophene rings is 1. The average molecular weight is 510 g/mol. The van der Waals surface area contributed by atoms with Crippen LogP contribution in [0.5, 0.6) is 0 Å². The molecule has 0 bridgehead atoms. The van der Waals surface area contributed by atoms with Crippen LogP contribution in [0.25, 0.3) is 5.82 Å². The van der Waals surface area contributed by atoms with E-state index in [0.717, 1.165) is 29.7 Å². The molecule has 0 amide bonds. The van der Waals surface area contributed by atoms with Crippen LogP contribution in [0.3, 0.4) is 0 Å². The number of imidazole rings is 1. The van der Waals surface area contributed by atoms with Gasteiger partial charge < -0.3 is 10.6 Å². The van der Waals surface area contributed by atoms with Crippen molar-refractivity contribution in [3.63, 3.8) is 0 Å². The highest BCUT2D eigenvalue weighted by Gasteiger charge is 2.21. The quantitative estimate of drug-likeness (QED) is 0.300. The first-order valence-corrected chi connectivity index (χ1v) is 9.81. The molecule has 3 rings (SSSR count). The van der Waals surface area contributed by atoms with Crippen molar-refractivity contribution in [1.82, 2.24) is 25.2 Å². The lowest BCUT2D eigenvalue weighted by atomic mass is 9.91. The summed E-state index contributed by atoms with van der Waals surface area (Å²) in [5.41, 5.74) is 1.15. The summed E-state index contributed by atoms with van der Waals surface area (Å²) in [5.74, 6) is 2.58. The Kier molecular flexibility index (Phi) is 7.99. The number of hydrogen-bond donors (Lipinski definition) is 2. The molecule has 0 saturated carbocycles. The SMILES string of the molecule is CN=C(NCc1ccc(-n2ccnc2C)nc1)NCC(C)(C)c1cccs1.I. The van der Waals surface area contributed by atoms with Gasteiger partial charge in [0.25, 0.3) is 0 Å². The van der Waals surface area contributed by atoms with Crippen molar-refractivity contribution in [3.8, 4) is 5.82 Å². The topological polar surface area (TPSA) is 67.1 Å². The highest BCUT2D eigenvalue weighted by Crippen LogP contribution is 2.26. The molecule has 0 unspecified atom stereocenters. The van der Waals surface area contributed by atoms with Gasteiger partial charge in [-0.15, -0.1) is 35.3 Å². The Morgan fingerprint density at radius 3 is 2.61 bits per heavy atom. The van der Waals surface area contributed by atoms with Gasteiger partial charge in [0.05, 0.1) is 0 Å². The van der Waals surface area contributed by atoms with Crippen molar-refractivity contribution in [2.24, 2.45) is 4.99 Å². The molecule has 2 N–H and O–H groups in total. The third kappa shape index (κ3) is 5.54. The fourth-order valence-electron chi connectivity index (χ4n) is 2.75. The van der Waals surface area contributed by atoms with Crippen LogP contribution in [-0.2, 0) is 12.0 Å². The molecule has 3 aromatic heterocycles. The van der Waals surface area contributed by atoms with Crippen LogP contribution in [-0.4, -0.2) is 34.1 Å². The van der Waals surface area contributed by atoms with E-state index in [-0.39, 0.29) is 29.4 Å². The molecular formula is C20H27IN6S. The summed E-state index contributed by atoms with van der Waals surface area (Å²) in [6.45, 7) is 7.91. The first-order valence-electron chi connectivity index (χ1n) is 8.93. The van der Waals surface area contributed by atoms with Gasteiger partial charge in [-0.05, 0) is 30.0 Å². The summed E-state index contributed by atoms with van der Waals surface area (Å²) < 4.78 is 1.96. The third-order valence-electron chi connectivity index (χ3n) is 4.45. The summed E-state index contributed by atoms with van der Waals surface area (Å²) in [5, 5.41) is 8.89. The first kappa shape index (κ1) is 22.4. The van der Waals surface area contributed by atoms with E-state index in [0.29, 0.717) is 6.54 Å². The van der Waals surface area contributed by atoms with Crippen molar-refractivity contribution >= 4 is 41.3 Å². The number of rotatable bonds is 6. The molecule has 150 valence electrons. The number of aromatic nitrogens is 3. The molecule has 8 heteroatoms. The minimum absolute atomic E-state index is 0. The van der Waals surface area contributed by atoms with E-state index >= 15 is 0 Å².